The SMILES string of the molecule is CC(C)Oc1cccnc1C(=O)N1CC[C@@H](C(=O)O)C1. The molecule has 1 aromatic heterocycles. The fraction of sp³-hybridized carbons (Fsp3) is 0.500. The highest BCUT2D eigenvalue weighted by Crippen LogP contribution is 2.23. The first kappa shape index (κ1) is 14.3. The van der Waals surface area contributed by atoms with Crippen LogP contribution in [0.2, 0.25) is 0 Å². The highest BCUT2D eigenvalue weighted by Gasteiger charge is 2.32. The summed E-state index contributed by atoms with van der Waals surface area (Å²) in [4.78, 5) is 29.0. The quantitative estimate of drug-likeness (QED) is 0.901. The lowest BCUT2D eigenvalue weighted by atomic mass is 10.1. The van der Waals surface area contributed by atoms with E-state index < -0.39 is 11.9 Å². The van der Waals surface area contributed by atoms with Crippen molar-refractivity contribution in [3.05, 3.63) is 24.0 Å². The van der Waals surface area contributed by atoms with Gasteiger partial charge in [-0.3, -0.25) is 9.59 Å². The summed E-state index contributed by atoms with van der Waals surface area (Å²) < 4.78 is 5.57. The first-order valence-electron chi connectivity index (χ1n) is 6.62. The summed E-state index contributed by atoms with van der Waals surface area (Å²) in [6.07, 6.45) is 1.95. The summed E-state index contributed by atoms with van der Waals surface area (Å²) >= 11 is 0. The smallest absolute Gasteiger partial charge is 0.308 e. The van der Waals surface area contributed by atoms with Gasteiger partial charge in [-0.2, -0.15) is 0 Å². The van der Waals surface area contributed by atoms with Crippen LogP contribution < -0.4 is 4.74 Å². The number of hydrogen-bond acceptors (Lipinski definition) is 4. The Balaban J connectivity index is 2.16. The molecule has 6 nitrogen and oxygen atoms in total. The van der Waals surface area contributed by atoms with Gasteiger partial charge in [-0.15, -0.1) is 0 Å². The second-order valence-electron chi connectivity index (χ2n) is 5.09. The topological polar surface area (TPSA) is 79.7 Å². The van der Waals surface area contributed by atoms with Crippen molar-refractivity contribution >= 4 is 11.9 Å². The van der Waals surface area contributed by atoms with Crippen LogP contribution in [0.15, 0.2) is 18.3 Å². The number of aliphatic carboxylic acids is 1. The van der Waals surface area contributed by atoms with E-state index in [1.807, 2.05) is 13.8 Å². The summed E-state index contributed by atoms with van der Waals surface area (Å²) in [5.41, 5.74) is 0.243. The second-order valence-corrected chi connectivity index (χ2v) is 5.09. The fourth-order valence-corrected chi connectivity index (χ4v) is 2.20. The molecule has 2 heterocycles. The lowest BCUT2D eigenvalue weighted by Gasteiger charge is -2.18. The van der Waals surface area contributed by atoms with Crippen molar-refractivity contribution < 1.29 is 19.4 Å². The fourth-order valence-electron chi connectivity index (χ4n) is 2.20. The largest absolute Gasteiger partial charge is 0.489 e. The third-order valence-electron chi connectivity index (χ3n) is 3.16. The highest BCUT2D eigenvalue weighted by molar-refractivity contribution is 5.95. The van der Waals surface area contributed by atoms with Gasteiger partial charge in [0.05, 0.1) is 12.0 Å². The zero-order valence-corrected chi connectivity index (χ0v) is 11.6. The number of carboxylic acid groups (broad SMARTS) is 1. The number of aromatic nitrogens is 1. The van der Waals surface area contributed by atoms with E-state index in [4.69, 9.17) is 9.84 Å². The number of rotatable bonds is 4. The Hall–Kier alpha value is -2.11. The second kappa shape index (κ2) is 5.90. The molecule has 0 aliphatic carbocycles. The summed E-state index contributed by atoms with van der Waals surface area (Å²) in [6.45, 7) is 4.41. The van der Waals surface area contributed by atoms with E-state index in [9.17, 15) is 9.59 Å². The van der Waals surface area contributed by atoms with Crippen LogP contribution in [0.5, 0.6) is 5.75 Å². The third-order valence-corrected chi connectivity index (χ3v) is 3.16. The monoisotopic (exact) mass is 278 g/mol. The Morgan fingerprint density at radius 3 is 2.85 bits per heavy atom. The van der Waals surface area contributed by atoms with Gasteiger partial charge in [0, 0.05) is 19.3 Å². The molecule has 1 aliphatic heterocycles. The van der Waals surface area contributed by atoms with Gasteiger partial charge in [0.25, 0.3) is 5.91 Å². The number of pyridine rings is 1. The predicted molar refractivity (Wildman–Crippen MR) is 71.6 cm³/mol. The number of ether oxygens (including phenoxy) is 1. The molecule has 6 heteroatoms. The summed E-state index contributed by atoms with van der Waals surface area (Å²) in [7, 11) is 0. The van der Waals surface area contributed by atoms with Crippen molar-refractivity contribution in [3.63, 3.8) is 0 Å². The van der Waals surface area contributed by atoms with Gasteiger partial charge in [-0.05, 0) is 32.4 Å². The van der Waals surface area contributed by atoms with Gasteiger partial charge in [-0.25, -0.2) is 4.98 Å². The van der Waals surface area contributed by atoms with Gasteiger partial charge in [-0.1, -0.05) is 0 Å². The van der Waals surface area contributed by atoms with Crippen LogP contribution in [-0.4, -0.2) is 46.1 Å². The van der Waals surface area contributed by atoms with E-state index in [-0.39, 0.29) is 24.2 Å². The third kappa shape index (κ3) is 3.07. The number of likely N-dealkylation sites (tertiary alicyclic amines) is 1. The number of carbonyl (C=O) groups excluding carboxylic acids is 1. The maximum Gasteiger partial charge on any atom is 0.308 e. The number of nitrogens with zero attached hydrogens (tertiary/aromatic N) is 2. The van der Waals surface area contributed by atoms with Crippen LogP contribution >= 0.6 is 0 Å². The van der Waals surface area contributed by atoms with Crippen LogP contribution in [0.25, 0.3) is 0 Å². The number of carbonyl (C=O) groups is 2. The van der Waals surface area contributed by atoms with Gasteiger partial charge >= 0.3 is 5.97 Å². The van der Waals surface area contributed by atoms with E-state index in [0.717, 1.165) is 0 Å². The molecule has 1 amide bonds. The molecule has 0 saturated carbocycles. The van der Waals surface area contributed by atoms with Crippen molar-refractivity contribution in [1.82, 2.24) is 9.88 Å². The molecule has 1 saturated heterocycles. The molecule has 0 unspecified atom stereocenters. The van der Waals surface area contributed by atoms with E-state index in [0.29, 0.717) is 18.7 Å². The first-order valence-corrected chi connectivity index (χ1v) is 6.62. The molecule has 0 bridgehead atoms. The van der Waals surface area contributed by atoms with Crippen molar-refractivity contribution in [1.29, 1.82) is 0 Å². The Morgan fingerprint density at radius 1 is 1.50 bits per heavy atom. The van der Waals surface area contributed by atoms with Gasteiger partial charge in [0.15, 0.2) is 11.4 Å². The Morgan fingerprint density at radius 2 is 2.25 bits per heavy atom. The molecule has 1 atom stereocenters. The molecule has 0 radical (unpaired) electrons. The molecule has 1 N–H and O–H groups in total. The van der Waals surface area contributed by atoms with Gasteiger partial charge < -0.3 is 14.7 Å². The summed E-state index contributed by atoms with van der Waals surface area (Å²) in [5.74, 6) is -1.19. The van der Waals surface area contributed by atoms with E-state index >= 15 is 0 Å². The minimum Gasteiger partial charge on any atom is -0.489 e. The molecule has 1 aromatic rings. The predicted octanol–water partition coefficient (Wildman–Crippen LogP) is 1.42. The molecular weight excluding hydrogens is 260 g/mol. The van der Waals surface area contributed by atoms with Crippen LogP contribution in [0.4, 0.5) is 0 Å². The Labute approximate surface area is 117 Å². The lowest BCUT2D eigenvalue weighted by molar-refractivity contribution is -0.141. The molecule has 2 rings (SSSR count). The van der Waals surface area contributed by atoms with Crippen LogP contribution in [0.3, 0.4) is 0 Å². The average Bonchev–Trinajstić information content (AvgIpc) is 2.87. The van der Waals surface area contributed by atoms with E-state index in [1.165, 1.54) is 11.1 Å². The molecule has 1 aliphatic rings. The normalized spacial score (nSPS) is 18.4. The van der Waals surface area contributed by atoms with Crippen LogP contribution in [0, 0.1) is 5.92 Å². The lowest BCUT2D eigenvalue weighted by Crippen LogP contribution is -2.31. The first-order chi connectivity index (χ1) is 9.49. The van der Waals surface area contributed by atoms with Crippen molar-refractivity contribution in [2.45, 2.75) is 26.4 Å². The highest BCUT2D eigenvalue weighted by atomic mass is 16.5. The van der Waals surface area contributed by atoms with E-state index in [2.05, 4.69) is 4.98 Å². The van der Waals surface area contributed by atoms with Crippen molar-refractivity contribution in [2.24, 2.45) is 5.92 Å². The summed E-state index contributed by atoms with van der Waals surface area (Å²) in [5, 5.41) is 8.98. The zero-order chi connectivity index (χ0) is 14.7. The molecule has 1 fully saturated rings. The minimum absolute atomic E-state index is 0.0592. The van der Waals surface area contributed by atoms with Crippen LogP contribution in [0.1, 0.15) is 30.8 Å². The van der Waals surface area contributed by atoms with Crippen molar-refractivity contribution in [2.75, 3.05) is 13.1 Å². The van der Waals surface area contributed by atoms with Gasteiger partial charge in [0.2, 0.25) is 0 Å². The number of carboxylic acids is 1. The standard InChI is InChI=1S/C14H18N2O4/c1-9(2)20-11-4-3-6-15-12(11)13(17)16-7-5-10(8-16)14(18)19/h3-4,6,9-10H,5,7-8H2,1-2H3,(H,18,19)/t10-/m1/s1. The molecule has 0 spiro atoms. The maximum absolute atomic E-state index is 12.4. The number of hydrogen-bond donors (Lipinski definition) is 1. The van der Waals surface area contributed by atoms with E-state index in [1.54, 1.807) is 12.1 Å². The summed E-state index contributed by atoms with van der Waals surface area (Å²) in [6, 6.07) is 3.41. The Kier molecular flexibility index (Phi) is 4.22. The molecular formula is C14H18N2O4. The van der Waals surface area contributed by atoms with Crippen LogP contribution in [-0.2, 0) is 4.79 Å². The maximum atomic E-state index is 12.4. The average molecular weight is 278 g/mol. The van der Waals surface area contributed by atoms with Gasteiger partial charge in [0.1, 0.15) is 0 Å². The molecule has 108 valence electrons. The van der Waals surface area contributed by atoms with Crippen molar-refractivity contribution in [3.8, 4) is 5.75 Å². The number of amides is 1. The Bertz CT molecular complexity index is 516. The molecule has 20 heavy (non-hydrogen) atoms. The minimum atomic E-state index is -0.861. The molecule has 0 aromatic carbocycles. The zero-order valence-electron chi connectivity index (χ0n) is 11.6.